The van der Waals surface area contributed by atoms with Crippen molar-refractivity contribution in [3.05, 3.63) is 59.7 Å². The van der Waals surface area contributed by atoms with Crippen LogP contribution in [0.1, 0.15) is 27.6 Å². The maximum atomic E-state index is 12.0. The summed E-state index contributed by atoms with van der Waals surface area (Å²) >= 11 is 0. The van der Waals surface area contributed by atoms with Gasteiger partial charge < -0.3 is 9.47 Å². The van der Waals surface area contributed by atoms with E-state index in [4.69, 9.17) is 9.47 Å². The zero-order valence-corrected chi connectivity index (χ0v) is 11.0. The van der Waals surface area contributed by atoms with Gasteiger partial charge >= 0.3 is 5.97 Å². The molecule has 2 rings (SSSR count). The Morgan fingerprint density at radius 2 is 1.85 bits per heavy atom. The highest BCUT2D eigenvalue weighted by Gasteiger charge is 2.12. The standard InChI is InChI=1S/C16H14O4/c1-2-19-15-10-12(11-17)8-9-14(15)20-16(18)13-6-4-3-5-7-13/h3-11H,2H2,1H3. The minimum Gasteiger partial charge on any atom is -0.490 e. The molecule has 20 heavy (non-hydrogen) atoms. The van der Waals surface area contributed by atoms with Crippen molar-refractivity contribution in [2.45, 2.75) is 6.92 Å². The third-order valence-corrected chi connectivity index (χ3v) is 2.62. The van der Waals surface area contributed by atoms with Gasteiger partial charge in [0.15, 0.2) is 11.5 Å². The van der Waals surface area contributed by atoms with Gasteiger partial charge in [-0.25, -0.2) is 4.79 Å². The Kier molecular flexibility index (Phi) is 4.50. The molecule has 0 spiro atoms. The van der Waals surface area contributed by atoms with Crippen molar-refractivity contribution < 1.29 is 19.1 Å². The van der Waals surface area contributed by atoms with E-state index in [2.05, 4.69) is 0 Å². The molecule has 0 N–H and O–H groups in total. The molecular weight excluding hydrogens is 256 g/mol. The van der Waals surface area contributed by atoms with E-state index in [1.54, 1.807) is 42.5 Å². The van der Waals surface area contributed by atoms with Crippen LogP contribution in [0.5, 0.6) is 11.5 Å². The van der Waals surface area contributed by atoms with Crippen LogP contribution in [-0.2, 0) is 0 Å². The molecule has 0 unspecified atom stereocenters. The van der Waals surface area contributed by atoms with E-state index >= 15 is 0 Å². The van der Waals surface area contributed by atoms with Gasteiger partial charge in [-0.15, -0.1) is 0 Å². The molecule has 0 heterocycles. The highest BCUT2D eigenvalue weighted by molar-refractivity contribution is 5.91. The number of carbonyl (C=O) groups is 2. The second-order valence-electron chi connectivity index (χ2n) is 4.01. The fourth-order valence-electron chi connectivity index (χ4n) is 1.68. The molecule has 0 saturated heterocycles. The minimum atomic E-state index is -0.467. The fourth-order valence-corrected chi connectivity index (χ4v) is 1.68. The molecule has 0 fully saturated rings. The average molecular weight is 270 g/mol. The molecular formula is C16H14O4. The SMILES string of the molecule is CCOc1cc(C=O)ccc1OC(=O)c1ccccc1. The summed E-state index contributed by atoms with van der Waals surface area (Å²) in [6, 6.07) is 13.3. The lowest BCUT2D eigenvalue weighted by Gasteiger charge is -2.11. The van der Waals surface area contributed by atoms with Gasteiger partial charge in [0.2, 0.25) is 0 Å². The van der Waals surface area contributed by atoms with Gasteiger partial charge in [-0.1, -0.05) is 18.2 Å². The fraction of sp³-hybridized carbons (Fsp3) is 0.125. The Bertz CT molecular complexity index is 605. The molecule has 0 atom stereocenters. The van der Waals surface area contributed by atoms with Crippen LogP contribution in [0, 0.1) is 0 Å². The van der Waals surface area contributed by atoms with Gasteiger partial charge in [-0.2, -0.15) is 0 Å². The zero-order valence-electron chi connectivity index (χ0n) is 11.0. The predicted molar refractivity (Wildman–Crippen MR) is 74.4 cm³/mol. The maximum absolute atomic E-state index is 12.0. The number of hydrogen-bond donors (Lipinski definition) is 0. The van der Waals surface area contributed by atoms with Gasteiger partial charge in [0, 0.05) is 5.56 Å². The van der Waals surface area contributed by atoms with Crippen molar-refractivity contribution in [2.75, 3.05) is 6.61 Å². The number of rotatable bonds is 5. The number of esters is 1. The Hall–Kier alpha value is -2.62. The summed E-state index contributed by atoms with van der Waals surface area (Å²) in [5.41, 5.74) is 0.919. The van der Waals surface area contributed by atoms with Crippen molar-refractivity contribution in [3.63, 3.8) is 0 Å². The molecule has 2 aromatic rings. The zero-order chi connectivity index (χ0) is 14.4. The Balaban J connectivity index is 2.24. The first-order chi connectivity index (χ1) is 9.74. The Morgan fingerprint density at radius 3 is 2.50 bits per heavy atom. The van der Waals surface area contributed by atoms with E-state index in [1.165, 1.54) is 0 Å². The van der Waals surface area contributed by atoms with Crippen molar-refractivity contribution in [1.82, 2.24) is 0 Å². The molecule has 0 amide bonds. The number of aldehydes is 1. The molecule has 4 heteroatoms. The normalized spacial score (nSPS) is 9.85. The molecule has 4 nitrogen and oxygen atoms in total. The summed E-state index contributed by atoms with van der Waals surface area (Å²) in [6.45, 7) is 2.23. The summed E-state index contributed by atoms with van der Waals surface area (Å²) in [5.74, 6) is 0.207. The topological polar surface area (TPSA) is 52.6 Å². The average Bonchev–Trinajstić information content (AvgIpc) is 2.50. The smallest absolute Gasteiger partial charge is 0.343 e. The summed E-state index contributed by atoms with van der Waals surface area (Å²) in [7, 11) is 0. The van der Waals surface area contributed by atoms with E-state index in [-0.39, 0.29) is 0 Å². The van der Waals surface area contributed by atoms with Crippen LogP contribution in [-0.4, -0.2) is 18.9 Å². The lowest BCUT2D eigenvalue weighted by molar-refractivity contribution is 0.0728. The van der Waals surface area contributed by atoms with Gasteiger partial charge in [-0.05, 0) is 37.3 Å². The van der Waals surface area contributed by atoms with Gasteiger partial charge in [0.25, 0.3) is 0 Å². The molecule has 0 aliphatic rings. The van der Waals surface area contributed by atoms with E-state index in [0.29, 0.717) is 35.5 Å². The first kappa shape index (κ1) is 13.8. The molecule has 0 radical (unpaired) electrons. The van der Waals surface area contributed by atoms with E-state index in [9.17, 15) is 9.59 Å². The Morgan fingerprint density at radius 1 is 1.10 bits per heavy atom. The molecule has 0 bridgehead atoms. The first-order valence-electron chi connectivity index (χ1n) is 6.24. The van der Waals surface area contributed by atoms with Crippen molar-refractivity contribution in [1.29, 1.82) is 0 Å². The lowest BCUT2D eigenvalue weighted by Crippen LogP contribution is -2.09. The van der Waals surface area contributed by atoms with Crippen molar-refractivity contribution in [2.24, 2.45) is 0 Å². The Labute approximate surface area is 116 Å². The second-order valence-corrected chi connectivity index (χ2v) is 4.01. The third-order valence-electron chi connectivity index (χ3n) is 2.62. The van der Waals surface area contributed by atoms with Crippen LogP contribution in [0.25, 0.3) is 0 Å². The highest BCUT2D eigenvalue weighted by Crippen LogP contribution is 2.28. The van der Waals surface area contributed by atoms with Crippen LogP contribution in [0.2, 0.25) is 0 Å². The van der Waals surface area contributed by atoms with E-state index < -0.39 is 5.97 Å². The summed E-state index contributed by atoms with van der Waals surface area (Å²) in [5, 5.41) is 0. The van der Waals surface area contributed by atoms with E-state index in [1.807, 2.05) is 13.0 Å². The van der Waals surface area contributed by atoms with Gasteiger partial charge in [0.05, 0.1) is 12.2 Å². The minimum absolute atomic E-state index is 0.298. The van der Waals surface area contributed by atoms with Gasteiger partial charge in [0.1, 0.15) is 6.29 Å². The highest BCUT2D eigenvalue weighted by atomic mass is 16.6. The second kappa shape index (κ2) is 6.52. The van der Waals surface area contributed by atoms with Crippen molar-refractivity contribution >= 4 is 12.3 Å². The summed E-state index contributed by atoms with van der Waals surface area (Å²) < 4.78 is 10.7. The van der Waals surface area contributed by atoms with E-state index in [0.717, 1.165) is 0 Å². The summed E-state index contributed by atoms with van der Waals surface area (Å²) in [6.07, 6.45) is 0.714. The van der Waals surface area contributed by atoms with Crippen molar-refractivity contribution in [3.8, 4) is 11.5 Å². The molecule has 0 aromatic heterocycles. The number of ether oxygens (including phenoxy) is 2. The first-order valence-corrected chi connectivity index (χ1v) is 6.24. The maximum Gasteiger partial charge on any atom is 0.343 e. The number of hydrogen-bond acceptors (Lipinski definition) is 4. The third kappa shape index (κ3) is 3.23. The molecule has 0 saturated carbocycles. The predicted octanol–water partition coefficient (Wildman–Crippen LogP) is 3.12. The quantitative estimate of drug-likeness (QED) is 0.476. The van der Waals surface area contributed by atoms with Crippen LogP contribution in [0.4, 0.5) is 0 Å². The summed E-state index contributed by atoms with van der Waals surface area (Å²) in [4.78, 5) is 22.7. The van der Waals surface area contributed by atoms with Crippen LogP contribution in [0.3, 0.4) is 0 Å². The van der Waals surface area contributed by atoms with Crippen LogP contribution >= 0.6 is 0 Å². The van der Waals surface area contributed by atoms with Crippen LogP contribution < -0.4 is 9.47 Å². The largest absolute Gasteiger partial charge is 0.490 e. The van der Waals surface area contributed by atoms with Gasteiger partial charge in [-0.3, -0.25) is 4.79 Å². The monoisotopic (exact) mass is 270 g/mol. The molecule has 102 valence electrons. The molecule has 0 aliphatic heterocycles. The molecule has 2 aromatic carbocycles. The number of benzene rings is 2. The van der Waals surface area contributed by atoms with Crippen LogP contribution in [0.15, 0.2) is 48.5 Å². The molecule has 0 aliphatic carbocycles. The number of carbonyl (C=O) groups excluding carboxylic acids is 2. The lowest BCUT2D eigenvalue weighted by atomic mass is 10.2.